The number of phenolic OH excluding ortho intramolecular Hbond substituents is 2. The van der Waals surface area contributed by atoms with Gasteiger partial charge in [-0.15, -0.1) is 20.5 Å². The molecule has 0 bridgehead atoms. The number of azo groups is 3. The van der Waals surface area contributed by atoms with E-state index in [1.165, 1.54) is 36.4 Å². The number of fused-ring (bicyclic) bond motifs is 2. The molecule has 0 saturated heterocycles. The summed E-state index contributed by atoms with van der Waals surface area (Å²) in [6.07, 6.45) is 0. The maximum atomic E-state index is 12.0. The van der Waals surface area contributed by atoms with Gasteiger partial charge >= 0.3 is 0 Å². The van der Waals surface area contributed by atoms with Crippen LogP contribution in [0.3, 0.4) is 0 Å². The van der Waals surface area contributed by atoms with Crippen LogP contribution < -0.4 is 5.73 Å². The zero-order chi connectivity index (χ0) is 39.2. The first-order chi connectivity index (χ1) is 25.3. The summed E-state index contributed by atoms with van der Waals surface area (Å²) in [5.41, 5.74) is 5.65. The second-order valence-electron chi connectivity index (χ2n) is 11.1. The van der Waals surface area contributed by atoms with Crippen molar-refractivity contribution < 1.29 is 49.1 Å². The van der Waals surface area contributed by atoms with Gasteiger partial charge in [0.1, 0.15) is 26.9 Å². The number of nitrogen functional groups attached to an aromatic ring is 1. The number of rotatable bonds is 9. The average molecular weight is 812 g/mol. The monoisotopic (exact) mass is 811 g/mol. The molecule has 0 aliphatic heterocycles. The maximum absolute atomic E-state index is 12.0. The molecule has 0 heterocycles. The predicted molar refractivity (Wildman–Crippen MR) is 196 cm³/mol. The van der Waals surface area contributed by atoms with Crippen molar-refractivity contribution in [2.24, 2.45) is 30.7 Å². The topological polar surface area (TPSA) is 304 Å². The first kappa shape index (κ1) is 37.8. The maximum Gasteiger partial charge on any atom is 0.296 e. The molecule has 18 nitrogen and oxygen atoms in total. The Bertz CT molecular complexity index is 2960. The number of benzene rings is 6. The molecule has 6 aromatic rings. The van der Waals surface area contributed by atoms with E-state index in [0.717, 1.165) is 18.2 Å². The van der Waals surface area contributed by atoms with Crippen molar-refractivity contribution in [3.8, 4) is 11.5 Å². The fourth-order valence-corrected chi connectivity index (χ4v) is 7.16. The van der Waals surface area contributed by atoms with Crippen molar-refractivity contribution in [2.75, 3.05) is 5.73 Å². The van der Waals surface area contributed by atoms with E-state index in [4.69, 9.17) is 17.3 Å². The van der Waals surface area contributed by atoms with Gasteiger partial charge in [-0.05, 0) is 72.8 Å². The zero-order valence-corrected chi connectivity index (χ0v) is 29.9. The lowest BCUT2D eigenvalue weighted by atomic mass is 10.1. The Kier molecular flexibility index (Phi) is 9.89. The predicted octanol–water partition coefficient (Wildman–Crippen LogP) is 8.63. The number of halogens is 1. The molecule has 0 unspecified atom stereocenters. The first-order valence-corrected chi connectivity index (χ1v) is 19.4. The molecule has 6 aromatic carbocycles. The summed E-state index contributed by atoms with van der Waals surface area (Å²) in [5, 5.41) is 46.1. The molecular formula is C32H22ClN7O11S3. The molecule has 54 heavy (non-hydrogen) atoms. The summed E-state index contributed by atoms with van der Waals surface area (Å²) in [7, 11) is -14.8. The molecule has 22 heteroatoms. The van der Waals surface area contributed by atoms with Gasteiger partial charge in [0.25, 0.3) is 30.4 Å². The normalized spacial score (nSPS) is 12.9. The Morgan fingerprint density at radius 1 is 0.500 bits per heavy atom. The molecule has 0 amide bonds. The standard InChI is InChI=1S/C32H22ClN7O11S3/c33-16-1-3-17(4-2-16)35-37-23-11-12-24(22-14-19(52(43,44)45)6-7-20(22)23)38-36-18-5-9-25(27(41)13-18)39-40-26-10-8-21-28(53(46,47)48)15-29(54(49,50)51)31(34)30(21)32(26)42/h1-15,41-42H,34H2,(H,43,44,45)(H,46,47,48)(H,49,50,51). The Balaban J connectivity index is 1.33. The Hall–Kier alpha value is -5.94. The highest BCUT2D eigenvalue weighted by Crippen LogP contribution is 2.44. The lowest BCUT2D eigenvalue weighted by Crippen LogP contribution is -2.08. The molecule has 0 saturated carbocycles. The van der Waals surface area contributed by atoms with Crippen LogP contribution in [0.4, 0.5) is 39.8 Å². The average Bonchev–Trinajstić information content (AvgIpc) is 3.09. The molecule has 0 aliphatic carbocycles. The van der Waals surface area contributed by atoms with Crippen molar-refractivity contribution in [1.82, 2.24) is 0 Å². The molecule has 0 fully saturated rings. The third-order valence-electron chi connectivity index (χ3n) is 7.61. The van der Waals surface area contributed by atoms with Gasteiger partial charge in [-0.25, -0.2) is 0 Å². The summed E-state index contributed by atoms with van der Waals surface area (Å²) in [6.45, 7) is 0. The van der Waals surface area contributed by atoms with Crippen LogP contribution in [0.2, 0.25) is 5.02 Å². The van der Waals surface area contributed by atoms with Gasteiger partial charge in [-0.3, -0.25) is 13.7 Å². The van der Waals surface area contributed by atoms with E-state index >= 15 is 0 Å². The Morgan fingerprint density at radius 3 is 1.63 bits per heavy atom. The van der Waals surface area contributed by atoms with Gasteiger partial charge < -0.3 is 15.9 Å². The van der Waals surface area contributed by atoms with E-state index in [-0.39, 0.29) is 28.1 Å². The van der Waals surface area contributed by atoms with Crippen molar-refractivity contribution in [1.29, 1.82) is 0 Å². The minimum absolute atomic E-state index is 0.0915. The highest BCUT2D eigenvalue weighted by Gasteiger charge is 2.26. The molecule has 7 N–H and O–H groups in total. The highest BCUT2D eigenvalue weighted by molar-refractivity contribution is 7.87. The fraction of sp³-hybridized carbons (Fsp3) is 0. The van der Waals surface area contributed by atoms with E-state index in [1.807, 2.05) is 0 Å². The molecule has 0 radical (unpaired) electrons. The summed E-state index contributed by atoms with van der Waals surface area (Å²) in [4.78, 5) is -2.48. The second-order valence-corrected chi connectivity index (χ2v) is 15.8. The van der Waals surface area contributed by atoms with Crippen LogP contribution in [-0.4, -0.2) is 49.1 Å². The van der Waals surface area contributed by atoms with E-state index in [9.17, 15) is 49.1 Å². The summed E-state index contributed by atoms with van der Waals surface area (Å²) in [5.74, 6) is -1.34. The van der Waals surface area contributed by atoms with Gasteiger partial charge in [0.15, 0.2) is 5.75 Å². The molecule has 0 spiro atoms. The number of hydrogen-bond acceptors (Lipinski definition) is 15. The first-order valence-electron chi connectivity index (χ1n) is 14.7. The van der Waals surface area contributed by atoms with Crippen LogP contribution in [0, 0.1) is 0 Å². The van der Waals surface area contributed by atoms with Crippen molar-refractivity contribution in [2.45, 2.75) is 14.7 Å². The largest absolute Gasteiger partial charge is 0.506 e. The minimum atomic E-state index is -5.12. The number of nitrogens with two attached hydrogens (primary N) is 1. The minimum Gasteiger partial charge on any atom is -0.506 e. The summed E-state index contributed by atoms with van der Waals surface area (Å²) < 4.78 is 100. The van der Waals surface area contributed by atoms with Crippen LogP contribution in [0.15, 0.2) is 136 Å². The van der Waals surface area contributed by atoms with Gasteiger partial charge in [-0.1, -0.05) is 23.7 Å². The molecule has 0 aliphatic rings. The number of anilines is 1. The lowest BCUT2D eigenvalue weighted by molar-refractivity contribution is 0.475. The van der Waals surface area contributed by atoms with Crippen LogP contribution in [0.25, 0.3) is 21.5 Å². The van der Waals surface area contributed by atoms with E-state index in [1.54, 1.807) is 30.3 Å². The fourth-order valence-electron chi connectivity index (χ4n) is 5.09. The van der Waals surface area contributed by atoms with E-state index in [0.29, 0.717) is 27.8 Å². The number of aromatic hydroxyl groups is 2. The highest BCUT2D eigenvalue weighted by atomic mass is 35.5. The van der Waals surface area contributed by atoms with Gasteiger partial charge in [0.05, 0.1) is 38.7 Å². The third kappa shape index (κ3) is 7.86. The van der Waals surface area contributed by atoms with Crippen LogP contribution in [0.5, 0.6) is 11.5 Å². The third-order valence-corrected chi connectivity index (χ3v) is 10.5. The van der Waals surface area contributed by atoms with Crippen molar-refractivity contribution >= 4 is 103 Å². The summed E-state index contributed by atoms with van der Waals surface area (Å²) in [6, 6.07) is 19.7. The van der Waals surface area contributed by atoms with Gasteiger partial charge in [0.2, 0.25) is 0 Å². The van der Waals surface area contributed by atoms with E-state index in [2.05, 4.69) is 30.7 Å². The molecule has 276 valence electrons. The van der Waals surface area contributed by atoms with Gasteiger partial charge in [0, 0.05) is 27.2 Å². The Labute approximate surface area is 309 Å². The van der Waals surface area contributed by atoms with E-state index < -0.39 is 73.0 Å². The smallest absolute Gasteiger partial charge is 0.296 e. The van der Waals surface area contributed by atoms with Crippen molar-refractivity contribution in [3.05, 3.63) is 96.0 Å². The quantitative estimate of drug-likeness (QED) is 0.0454. The summed E-state index contributed by atoms with van der Waals surface area (Å²) >= 11 is 5.92. The second kappa shape index (κ2) is 14.1. The molecular weight excluding hydrogens is 790 g/mol. The SMILES string of the molecule is Nc1c(S(=O)(=O)O)cc(S(=O)(=O)O)c2ccc(N=Nc3ccc(N=Nc4ccc(N=Nc5ccc(Cl)cc5)c5ccc(S(=O)(=O)O)cc45)cc3O)c(O)c12. The van der Waals surface area contributed by atoms with Crippen LogP contribution >= 0.6 is 11.6 Å². The molecule has 6 rings (SSSR count). The van der Waals surface area contributed by atoms with Crippen molar-refractivity contribution in [3.63, 3.8) is 0 Å². The molecule has 0 atom stereocenters. The number of nitrogens with zero attached hydrogens (tertiary/aromatic N) is 6. The zero-order valence-electron chi connectivity index (χ0n) is 26.7. The lowest BCUT2D eigenvalue weighted by Gasteiger charge is -2.13. The van der Waals surface area contributed by atoms with Crippen LogP contribution in [0.1, 0.15) is 0 Å². The molecule has 0 aromatic heterocycles. The number of hydrogen-bond donors (Lipinski definition) is 6. The Morgan fingerprint density at radius 2 is 1.02 bits per heavy atom. The van der Waals surface area contributed by atoms with Crippen LogP contribution in [-0.2, 0) is 30.4 Å². The van der Waals surface area contributed by atoms with Gasteiger partial charge in [-0.2, -0.15) is 35.5 Å². The number of phenols is 2.